The number of nitro benzene ring substituents is 1. The molecule has 1 amide bonds. The van der Waals surface area contributed by atoms with Gasteiger partial charge in [0.15, 0.2) is 0 Å². The molecule has 0 saturated heterocycles. The van der Waals surface area contributed by atoms with Gasteiger partial charge in [-0.3, -0.25) is 10.1 Å². The predicted octanol–water partition coefficient (Wildman–Crippen LogP) is 5.78. The summed E-state index contributed by atoms with van der Waals surface area (Å²) in [6.45, 7) is 0.00618. The number of carboxylic acid groups (broad SMARTS) is 1. The van der Waals surface area contributed by atoms with Gasteiger partial charge in [0.2, 0.25) is 0 Å². The minimum absolute atomic E-state index is 0.00618. The number of carbonyl (C=O) groups excluding carboxylic acids is 1. The van der Waals surface area contributed by atoms with Crippen molar-refractivity contribution in [3.05, 3.63) is 124 Å². The number of hydrogen-bond acceptors (Lipinski definition) is 6. The molecule has 2 unspecified atom stereocenters. The van der Waals surface area contributed by atoms with Crippen molar-refractivity contribution in [3.63, 3.8) is 0 Å². The Kier molecular flexibility index (Phi) is 7.47. The van der Waals surface area contributed by atoms with Crippen molar-refractivity contribution in [1.29, 1.82) is 0 Å². The topological polar surface area (TPSA) is 152 Å². The van der Waals surface area contributed by atoms with Crippen LogP contribution in [0.5, 0.6) is 0 Å². The van der Waals surface area contributed by atoms with Gasteiger partial charge in [-0.05, 0) is 39.9 Å². The molecule has 0 spiro atoms. The van der Waals surface area contributed by atoms with Crippen molar-refractivity contribution in [2.75, 3.05) is 6.61 Å². The highest BCUT2D eigenvalue weighted by molar-refractivity contribution is 7.85. The summed E-state index contributed by atoms with van der Waals surface area (Å²) in [7, 11) is -2.05. The van der Waals surface area contributed by atoms with Crippen LogP contribution in [0.3, 0.4) is 0 Å². The van der Waals surface area contributed by atoms with Crippen molar-refractivity contribution >= 4 is 39.5 Å². The molecule has 2 atom stereocenters. The predicted molar refractivity (Wildman–Crippen MR) is 159 cm³/mol. The number of nitro groups is 1. The number of benzene rings is 4. The first-order valence-electron chi connectivity index (χ1n) is 13.4. The molecular weight excluding hydrogens is 570 g/mol. The minimum Gasteiger partial charge on any atom is -0.480 e. The number of carboxylic acids is 1. The fourth-order valence-electron chi connectivity index (χ4n) is 5.60. The summed E-state index contributed by atoms with van der Waals surface area (Å²) in [6, 6.07) is 26.9. The van der Waals surface area contributed by atoms with Gasteiger partial charge < -0.3 is 20.1 Å². The zero-order valence-electron chi connectivity index (χ0n) is 22.6. The van der Waals surface area contributed by atoms with Crippen molar-refractivity contribution < 1.29 is 28.6 Å². The standard InChI is InChI=1S/C32H25N3O7S/c36-31(37)27(34-32(38)42-18-25-21-11-3-1-9-19(21)20-10-2-4-12-22(20)25)17-24-23-13-5-6-14-26(23)33-30(24)43(41)29-16-8-7-15-28(29)35(39)40/h1-16,25,27,33H,17-18H2,(H,34,38)(H,36,37). The number of amides is 1. The second kappa shape index (κ2) is 11.5. The lowest BCUT2D eigenvalue weighted by Gasteiger charge is -2.18. The maximum atomic E-state index is 13.7. The highest BCUT2D eigenvalue weighted by Gasteiger charge is 2.31. The number of ether oxygens (including phenoxy) is 1. The average Bonchev–Trinajstić information content (AvgIpc) is 3.55. The summed E-state index contributed by atoms with van der Waals surface area (Å²) in [5.74, 6) is -1.52. The molecule has 10 nitrogen and oxygen atoms in total. The normalized spacial score (nSPS) is 13.6. The molecule has 0 radical (unpaired) electrons. The van der Waals surface area contributed by atoms with E-state index in [1.807, 2.05) is 48.5 Å². The second-order valence-corrected chi connectivity index (χ2v) is 11.4. The smallest absolute Gasteiger partial charge is 0.407 e. The van der Waals surface area contributed by atoms with Gasteiger partial charge in [-0.15, -0.1) is 0 Å². The van der Waals surface area contributed by atoms with Crippen LogP contribution in [0.4, 0.5) is 10.5 Å². The number of aliphatic carboxylic acids is 1. The Morgan fingerprint density at radius 2 is 1.53 bits per heavy atom. The van der Waals surface area contributed by atoms with Crippen molar-refractivity contribution in [1.82, 2.24) is 10.3 Å². The third kappa shape index (κ3) is 5.26. The van der Waals surface area contributed by atoms with Gasteiger partial charge in [-0.25, -0.2) is 13.8 Å². The summed E-state index contributed by atoms with van der Waals surface area (Å²) in [5.41, 5.74) is 4.78. The molecule has 3 N–H and O–H groups in total. The number of rotatable bonds is 9. The van der Waals surface area contributed by atoms with E-state index in [4.69, 9.17) is 4.74 Å². The van der Waals surface area contributed by atoms with Crippen molar-refractivity contribution in [2.24, 2.45) is 0 Å². The Morgan fingerprint density at radius 1 is 0.930 bits per heavy atom. The summed E-state index contributed by atoms with van der Waals surface area (Å²) in [6.07, 6.45) is -1.15. The highest BCUT2D eigenvalue weighted by atomic mass is 32.2. The molecule has 216 valence electrons. The third-order valence-corrected chi connectivity index (χ3v) is 9.03. The lowest BCUT2D eigenvalue weighted by Crippen LogP contribution is -2.43. The van der Waals surface area contributed by atoms with Crippen LogP contribution < -0.4 is 5.32 Å². The molecule has 0 bridgehead atoms. The van der Waals surface area contributed by atoms with Crippen LogP contribution in [0.2, 0.25) is 0 Å². The van der Waals surface area contributed by atoms with E-state index >= 15 is 0 Å². The summed E-state index contributed by atoms with van der Waals surface area (Å²) < 4.78 is 19.3. The van der Waals surface area contributed by atoms with Gasteiger partial charge in [-0.2, -0.15) is 0 Å². The number of fused-ring (bicyclic) bond motifs is 4. The number of aromatic nitrogens is 1. The molecule has 0 aliphatic heterocycles. The molecule has 43 heavy (non-hydrogen) atoms. The van der Waals surface area contributed by atoms with Gasteiger partial charge in [0, 0.05) is 29.3 Å². The quantitative estimate of drug-likeness (QED) is 0.144. The fraction of sp³-hybridized carbons (Fsp3) is 0.125. The Balaban J connectivity index is 1.25. The number of carbonyl (C=O) groups is 2. The molecule has 0 fully saturated rings. The molecular formula is C32H25N3O7S. The molecule has 1 aliphatic rings. The Labute approximate surface area is 247 Å². The molecule has 0 saturated carbocycles. The van der Waals surface area contributed by atoms with Crippen LogP contribution in [-0.2, 0) is 26.8 Å². The average molecular weight is 596 g/mol. The highest BCUT2D eigenvalue weighted by Crippen LogP contribution is 2.44. The molecule has 6 rings (SSSR count). The summed E-state index contributed by atoms with van der Waals surface area (Å²) in [4.78, 5) is 39.3. The molecule has 11 heteroatoms. The maximum absolute atomic E-state index is 13.7. The SMILES string of the molecule is O=C(NC(Cc1c(S(=O)c2ccccc2[N+](=O)[O-])[nH]c2ccccc12)C(=O)O)OCC1c2ccccc2-c2ccccc21. The fourth-order valence-corrected chi connectivity index (χ4v) is 6.97. The number of hydrogen-bond donors (Lipinski definition) is 3. The number of alkyl carbamates (subject to hydrolysis) is 1. The van der Waals surface area contributed by atoms with Gasteiger partial charge in [0.25, 0.3) is 5.69 Å². The Morgan fingerprint density at radius 3 is 2.21 bits per heavy atom. The zero-order chi connectivity index (χ0) is 30.1. The molecule has 5 aromatic rings. The van der Waals surface area contributed by atoms with Gasteiger partial charge >= 0.3 is 12.1 Å². The molecule has 1 aromatic heterocycles. The van der Waals surface area contributed by atoms with Gasteiger partial charge in [0.1, 0.15) is 33.4 Å². The van der Waals surface area contributed by atoms with Crippen molar-refractivity contribution in [3.8, 4) is 11.1 Å². The number of nitrogens with zero attached hydrogens (tertiary/aromatic N) is 1. The lowest BCUT2D eigenvalue weighted by molar-refractivity contribution is -0.387. The van der Waals surface area contributed by atoms with Crippen LogP contribution in [-0.4, -0.2) is 43.9 Å². The number of aromatic amines is 1. The van der Waals surface area contributed by atoms with Gasteiger partial charge in [-0.1, -0.05) is 78.9 Å². The Hall–Kier alpha value is -5.29. The van der Waals surface area contributed by atoms with E-state index in [1.165, 1.54) is 18.2 Å². The summed E-state index contributed by atoms with van der Waals surface area (Å²) >= 11 is 0. The molecule has 1 heterocycles. The first-order valence-corrected chi connectivity index (χ1v) is 14.6. The Bertz CT molecular complexity index is 1870. The minimum atomic E-state index is -2.05. The number of para-hydroxylation sites is 2. The van der Waals surface area contributed by atoms with E-state index in [9.17, 15) is 29.0 Å². The monoisotopic (exact) mass is 595 g/mol. The van der Waals surface area contributed by atoms with Crippen LogP contribution in [0, 0.1) is 10.1 Å². The number of nitrogens with one attached hydrogen (secondary N) is 2. The van der Waals surface area contributed by atoms with E-state index in [2.05, 4.69) is 10.3 Å². The first kappa shape index (κ1) is 27.9. The summed E-state index contributed by atoms with van der Waals surface area (Å²) in [5, 5.41) is 24.8. The van der Waals surface area contributed by atoms with Crippen molar-refractivity contribution in [2.45, 2.75) is 28.3 Å². The van der Waals surface area contributed by atoms with Crippen LogP contribution in [0.1, 0.15) is 22.6 Å². The van der Waals surface area contributed by atoms with E-state index in [-0.39, 0.29) is 34.6 Å². The van der Waals surface area contributed by atoms with E-state index in [0.29, 0.717) is 16.5 Å². The molecule has 1 aliphatic carbocycles. The number of H-pyrrole nitrogens is 1. The lowest BCUT2D eigenvalue weighted by atomic mass is 9.98. The second-order valence-electron chi connectivity index (χ2n) is 10.0. The third-order valence-electron chi connectivity index (χ3n) is 7.56. The van der Waals surface area contributed by atoms with Crippen LogP contribution >= 0.6 is 0 Å². The van der Waals surface area contributed by atoms with E-state index < -0.39 is 33.8 Å². The molecule has 4 aromatic carbocycles. The van der Waals surface area contributed by atoms with E-state index in [0.717, 1.165) is 22.3 Å². The van der Waals surface area contributed by atoms with Crippen LogP contribution in [0.25, 0.3) is 22.0 Å². The van der Waals surface area contributed by atoms with Crippen LogP contribution in [0.15, 0.2) is 107 Å². The van der Waals surface area contributed by atoms with E-state index in [1.54, 1.807) is 30.3 Å². The zero-order valence-corrected chi connectivity index (χ0v) is 23.4. The maximum Gasteiger partial charge on any atom is 0.407 e. The first-order chi connectivity index (χ1) is 20.8. The van der Waals surface area contributed by atoms with Gasteiger partial charge in [0.05, 0.1) is 4.92 Å². The largest absolute Gasteiger partial charge is 0.480 e.